The number of anilines is 3. The highest BCUT2D eigenvalue weighted by molar-refractivity contribution is 6.02. The summed E-state index contributed by atoms with van der Waals surface area (Å²) in [7, 11) is 3.15. The van der Waals surface area contributed by atoms with Crippen molar-refractivity contribution >= 4 is 29.2 Å². The topological polar surface area (TPSA) is 103 Å². The number of carbonyl (C=O) groups excluding carboxylic acids is 1. The third-order valence-electron chi connectivity index (χ3n) is 4.68. The molecule has 0 radical (unpaired) electrons. The van der Waals surface area contributed by atoms with E-state index < -0.39 is 0 Å². The van der Waals surface area contributed by atoms with Gasteiger partial charge in [0.25, 0.3) is 0 Å². The number of nitrogens with one attached hydrogen (secondary N) is 2. The fraction of sp³-hybridized carbons (Fsp3) is 0.0833. The lowest BCUT2D eigenvalue weighted by Gasteiger charge is -2.09. The van der Waals surface area contributed by atoms with Gasteiger partial charge in [0.1, 0.15) is 24.3 Å². The summed E-state index contributed by atoms with van der Waals surface area (Å²) < 4.78 is 12.3. The summed E-state index contributed by atoms with van der Waals surface area (Å²) in [6.45, 7) is 0. The standard InChI is InChI=1S/C24H22N6O3/c1-32-20-9-3-17(13-21(20)33-2)4-10-24(31)29-19-7-5-18(6-8-19)28-22-14-23(27-15-26-22)30-12-11-25-16-30/h3-16H,1-2H3,(H,29,31)(H,26,27,28)/b10-4+. The lowest BCUT2D eigenvalue weighted by atomic mass is 10.2. The fourth-order valence-corrected chi connectivity index (χ4v) is 3.05. The molecule has 4 aromatic rings. The van der Waals surface area contributed by atoms with E-state index in [-0.39, 0.29) is 5.91 Å². The second-order valence-electron chi connectivity index (χ2n) is 6.87. The van der Waals surface area contributed by atoms with Gasteiger partial charge in [-0.3, -0.25) is 9.36 Å². The molecule has 0 aliphatic rings. The normalized spacial score (nSPS) is 10.7. The molecule has 33 heavy (non-hydrogen) atoms. The highest BCUT2D eigenvalue weighted by Gasteiger charge is 2.05. The minimum Gasteiger partial charge on any atom is -0.493 e. The van der Waals surface area contributed by atoms with Crippen LogP contribution in [0.1, 0.15) is 5.56 Å². The van der Waals surface area contributed by atoms with Crippen LogP contribution in [0, 0.1) is 0 Å². The van der Waals surface area contributed by atoms with Crippen molar-refractivity contribution in [2.45, 2.75) is 0 Å². The molecule has 0 fully saturated rings. The summed E-state index contributed by atoms with van der Waals surface area (Å²) in [5, 5.41) is 6.06. The maximum Gasteiger partial charge on any atom is 0.248 e. The van der Waals surface area contributed by atoms with Crippen molar-refractivity contribution in [2.24, 2.45) is 0 Å². The van der Waals surface area contributed by atoms with Crippen LogP contribution in [0.15, 0.2) is 79.7 Å². The van der Waals surface area contributed by atoms with Gasteiger partial charge < -0.3 is 20.1 Å². The Kier molecular flexibility index (Phi) is 6.60. The lowest BCUT2D eigenvalue weighted by Crippen LogP contribution is -2.07. The number of carbonyl (C=O) groups is 1. The first-order valence-corrected chi connectivity index (χ1v) is 10.0. The van der Waals surface area contributed by atoms with Crippen molar-refractivity contribution in [3.05, 3.63) is 85.2 Å². The van der Waals surface area contributed by atoms with Crippen molar-refractivity contribution in [2.75, 3.05) is 24.9 Å². The molecular formula is C24H22N6O3. The molecule has 2 aromatic heterocycles. The first kappa shape index (κ1) is 21.6. The first-order valence-electron chi connectivity index (χ1n) is 10.0. The van der Waals surface area contributed by atoms with E-state index in [0.717, 1.165) is 11.3 Å². The predicted molar refractivity (Wildman–Crippen MR) is 126 cm³/mol. The quantitative estimate of drug-likeness (QED) is 0.396. The average molecular weight is 442 g/mol. The van der Waals surface area contributed by atoms with Crippen LogP contribution in [0.4, 0.5) is 17.2 Å². The van der Waals surface area contributed by atoms with Crippen LogP contribution in [0.2, 0.25) is 0 Å². The van der Waals surface area contributed by atoms with Gasteiger partial charge in [-0.15, -0.1) is 0 Å². The first-order chi connectivity index (χ1) is 16.1. The van der Waals surface area contributed by atoms with E-state index in [1.54, 1.807) is 49.5 Å². The van der Waals surface area contributed by atoms with Crippen LogP contribution in [0.25, 0.3) is 11.9 Å². The fourth-order valence-electron chi connectivity index (χ4n) is 3.05. The van der Waals surface area contributed by atoms with Gasteiger partial charge in [0.05, 0.1) is 14.2 Å². The number of ether oxygens (including phenoxy) is 2. The zero-order chi connectivity index (χ0) is 23.0. The second-order valence-corrected chi connectivity index (χ2v) is 6.87. The number of nitrogens with zero attached hydrogens (tertiary/aromatic N) is 4. The summed E-state index contributed by atoms with van der Waals surface area (Å²) in [4.78, 5) is 24.8. The molecule has 4 rings (SSSR count). The largest absolute Gasteiger partial charge is 0.493 e. The summed E-state index contributed by atoms with van der Waals surface area (Å²) in [6, 6.07) is 14.6. The highest BCUT2D eigenvalue weighted by Crippen LogP contribution is 2.28. The van der Waals surface area contributed by atoms with Crippen molar-refractivity contribution in [1.82, 2.24) is 19.5 Å². The summed E-state index contributed by atoms with van der Waals surface area (Å²) in [5.41, 5.74) is 2.32. The molecule has 9 heteroatoms. The predicted octanol–water partition coefficient (Wildman–Crippen LogP) is 4.08. The van der Waals surface area contributed by atoms with E-state index in [1.807, 2.05) is 42.6 Å². The van der Waals surface area contributed by atoms with Crippen LogP contribution in [0.5, 0.6) is 11.5 Å². The molecule has 2 aromatic carbocycles. The van der Waals surface area contributed by atoms with Crippen LogP contribution >= 0.6 is 0 Å². The summed E-state index contributed by atoms with van der Waals surface area (Å²) >= 11 is 0. The second kappa shape index (κ2) is 10.1. The number of imidazole rings is 1. The SMILES string of the molecule is COc1ccc(/C=C/C(=O)Nc2ccc(Nc3cc(-n4ccnc4)ncn3)cc2)cc1OC. The van der Waals surface area contributed by atoms with E-state index in [4.69, 9.17) is 9.47 Å². The Balaban J connectivity index is 1.36. The number of hydrogen-bond donors (Lipinski definition) is 2. The molecule has 2 N–H and O–H groups in total. The van der Waals surface area contributed by atoms with E-state index in [0.29, 0.717) is 28.8 Å². The number of rotatable bonds is 8. The number of benzene rings is 2. The number of aromatic nitrogens is 4. The Bertz CT molecular complexity index is 1250. The molecule has 0 saturated heterocycles. The molecule has 9 nitrogen and oxygen atoms in total. The Labute approximate surface area is 190 Å². The maximum absolute atomic E-state index is 12.3. The van der Waals surface area contributed by atoms with Gasteiger partial charge >= 0.3 is 0 Å². The van der Waals surface area contributed by atoms with Crippen LogP contribution < -0.4 is 20.1 Å². The van der Waals surface area contributed by atoms with Crippen molar-refractivity contribution in [3.8, 4) is 17.3 Å². The Hall–Kier alpha value is -4.66. The third-order valence-corrected chi connectivity index (χ3v) is 4.68. The summed E-state index contributed by atoms with van der Waals surface area (Å²) in [6.07, 6.45) is 9.82. The third kappa shape index (κ3) is 5.53. The minimum absolute atomic E-state index is 0.244. The van der Waals surface area contributed by atoms with E-state index in [2.05, 4.69) is 25.6 Å². The highest BCUT2D eigenvalue weighted by atomic mass is 16.5. The molecule has 0 bridgehead atoms. The van der Waals surface area contributed by atoms with Gasteiger partial charge in [-0.2, -0.15) is 0 Å². The van der Waals surface area contributed by atoms with Crippen molar-refractivity contribution in [3.63, 3.8) is 0 Å². The van der Waals surface area contributed by atoms with Gasteiger partial charge in [0.15, 0.2) is 11.5 Å². The van der Waals surface area contributed by atoms with Crippen molar-refractivity contribution < 1.29 is 14.3 Å². The van der Waals surface area contributed by atoms with Crippen LogP contribution in [0.3, 0.4) is 0 Å². The van der Waals surface area contributed by atoms with Gasteiger partial charge in [0.2, 0.25) is 5.91 Å². The lowest BCUT2D eigenvalue weighted by molar-refractivity contribution is -0.111. The molecule has 0 atom stereocenters. The molecule has 0 saturated carbocycles. The number of methoxy groups -OCH3 is 2. The molecule has 1 amide bonds. The van der Waals surface area contributed by atoms with Crippen LogP contribution in [-0.4, -0.2) is 39.6 Å². The van der Waals surface area contributed by atoms with E-state index in [1.165, 1.54) is 12.4 Å². The molecular weight excluding hydrogens is 420 g/mol. The number of amides is 1. The Morgan fingerprint density at radius 2 is 1.76 bits per heavy atom. The zero-order valence-electron chi connectivity index (χ0n) is 18.1. The molecule has 0 aliphatic heterocycles. The van der Waals surface area contributed by atoms with Gasteiger partial charge in [-0.25, -0.2) is 15.0 Å². The van der Waals surface area contributed by atoms with Gasteiger partial charge in [-0.1, -0.05) is 6.07 Å². The zero-order valence-corrected chi connectivity index (χ0v) is 18.1. The van der Waals surface area contributed by atoms with Gasteiger partial charge in [-0.05, 0) is 48.0 Å². The monoisotopic (exact) mass is 442 g/mol. The maximum atomic E-state index is 12.3. The van der Waals surface area contributed by atoms with E-state index in [9.17, 15) is 4.79 Å². The molecule has 166 valence electrons. The molecule has 2 heterocycles. The molecule has 0 spiro atoms. The minimum atomic E-state index is -0.244. The Morgan fingerprint density at radius 1 is 0.970 bits per heavy atom. The number of hydrogen-bond acceptors (Lipinski definition) is 7. The molecule has 0 unspecified atom stereocenters. The smallest absolute Gasteiger partial charge is 0.248 e. The van der Waals surface area contributed by atoms with Crippen LogP contribution in [-0.2, 0) is 4.79 Å². The average Bonchev–Trinajstić information content (AvgIpc) is 3.39. The van der Waals surface area contributed by atoms with Crippen molar-refractivity contribution in [1.29, 1.82) is 0 Å². The Morgan fingerprint density at radius 3 is 2.48 bits per heavy atom. The summed E-state index contributed by atoms with van der Waals surface area (Å²) in [5.74, 6) is 2.33. The van der Waals surface area contributed by atoms with E-state index >= 15 is 0 Å². The van der Waals surface area contributed by atoms with Gasteiger partial charge in [0, 0.05) is 35.9 Å². The molecule has 0 aliphatic carbocycles.